The Balaban J connectivity index is 2.31. The number of hydrogen-bond acceptors (Lipinski definition) is 3. The van der Waals surface area contributed by atoms with Crippen LogP contribution in [0.25, 0.3) is 0 Å². The minimum atomic E-state index is 0.763. The second-order valence-corrected chi connectivity index (χ2v) is 5.59. The van der Waals surface area contributed by atoms with E-state index >= 15 is 0 Å². The van der Waals surface area contributed by atoms with Gasteiger partial charge in [0.1, 0.15) is 11.6 Å². The summed E-state index contributed by atoms with van der Waals surface area (Å²) in [4.78, 5) is 9.27. The van der Waals surface area contributed by atoms with Crippen molar-refractivity contribution in [3.63, 3.8) is 0 Å². The highest BCUT2D eigenvalue weighted by Gasteiger charge is 2.11. The third-order valence-electron chi connectivity index (χ3n) is 3.13. The molecule has 1 heterocycles. The van der Waals surface area contributed by atoms with E-state index in [4.69, 9.17) is 0 Å². The number of anilines is 1. The van der Waals surface area contributed by atoms with E-state index in [0.29, 0.717) is 0 Å². The Bertz CT molecular complexity index is 579. The van der Waals surface area contributed by atoms with Crippen molar-refractivity contribution in [2.24, 2.45) is 0 Å². The predicted molar refractivity (Wildman–Crippen MR) is 87.3 cm³/mol. The fourth-order valence-electron chi connectivity index (χ4n) is 2.03. The molecule has 1 N–H and O–H groups in total. The van der Waals surface area contributed by atoms with Crippen molar-refractivity contribution in [2.75, 3.05) is 11.9 Å². The fourth-order valence-corrected chi connectivity index (χ4v) is 2.63. The number of nitrogens with one attached hydrogen (secondary N) is 1. The number of nitrogens with zero attached hydrogens (tertiary/aromatic N) is 2. The smallest absolute Gasteiger partial charge is 0.144 e. The molecule has 0 atom stereocenters. The average molecular weight is 334 g/mol. The third-order valence-corrected chi connectivity index (χ3v) is 3.96. The Labute approximate surface area is 129 Å². The summed E-state index contributed by atoms with van der Waals surface area (Å²) in [6.45, 7) is 7.12. The van der Waals surface area contributed by atoms with Gasteiger partial charge < -0.3 is 5.32 Å². The maximum absolute atomic E-state index is 4.65. The second-order valence-electron chi connectivity index (χ2n) is 4.80. The summed E-state index contributed by atoms with van der Waals surface area (Å²) in [6, 6.07) is 8.53. The molecule has 0 unspecified atom stereocenters. The van der Waals surface area contributed by atoms with Crippen molar-refractivity contribution in [3.05, 3.63) is 51.4 Å². The molecule has 20 heavy (non-hydrogen) atoms. The highest BCUT2D eigenvalue weighted by atomic mass is 79.9. The summed E-state index contributed by atoms with van der Waals surface area (Å²) in [7, 11) is 0. The first kappa shape index (κ1) is 15.0. The number of aryl methyl sites for hydroxylation is 2. The summed E-state index contributed by atoms with van der Waals surface area (Å²) in [6.07, 6.45) is 1.65. The molecule has 106 valence electrons. The van der Waals surface area contributed by atoms with Crippen LogP contribution >= 0.6 is 15.9 Å². The van der Waals surface area contributed by atoms with Crippen LogP contribution in [0.2, 0.25) is 0 Å². The molecular weight excluding hydrogens is 314 g/mol. The van der Waals surface area contributed by atoms with E-state index in [9.17, 15) is 0 Å². The van der Waals surface area contributed by atoms with Gasteiger partial charge in [-0.1, -0.05) is 36.8 Å². The minimum Gasteiger partial charge on any atom is -0.369 e. The van der Waals surface area contributed by atoms with Crippen LogP contribution in [0.1, 0.15) is 36.5 Å². The fraction of sp³-hybridized carbons (Fsp3) is 0.375. The van der Waals surface area contributed by atoms with Gasteiger partial charge in [0.2, 0.25) is 0 Å². The molecule has 0 amide bonds. The summed E-state index contributed by atoms with van der Waals surface area (Å²) in [5.41, 5.74) is 3.56. The molecule has 0 bridgehead atoms. The summed E-state index contributed by atoms with van der Waals surface area (Å²) >= 11 is 3.58. The van der Waals surface area contributed by atoms with E-state index in [1.165, 1.54) is 11.1 Å². The van der Waals surface area contributed by atoms with Gasteiger partial charge in [0.05, 0.1) is 10.2 Å². The molecule has 2 rings (SSSR count). The normalized spacial score (nSPS) is 10.6. The average Bonchev–Trinajstić information content (AvgIpc) is 2.45. The molecule has 1 aromatic carbocycles. The number of rotatable bonds is 5. The molecule has 1 aromatic heterocycles. The van der Waals surface area contributed by atoms with Gasteiger partial charge in [-0.25, -0.2) is 9.97 Å². The van der Waals surface area contributed by atoms with Crippen molar-refractivity contribution >= 4 is 21.7 Å². The van der Waals surface area contributed by atoms with Crippen LogP contribution in [-0.2, 0) is 12.8 Å². The molecule has 3 nitrogen and oxygen atoms in total. The standard InChI is InChI=1S/C16H20BrN3/c1-4-13-15(17)16(18-5-2)20-14(19-13)10-12-8-6-11(3)7-9-12/h6-9H,4-5,10H2,1-3H3,(H,18,19,20). The van der Waals surface area contributed by atoms with Gasteiger partial charge >= 0.3 is 0 Å². The van der Waals surface area contributed by atoms with Crippen LogP contribution in [0.5, 0.6) is 0 Å². The quantitative estimate of drug-likeness (QED) is 0.893. The first-order valence-electron chi connectivity index (χ1n) is 6.98. The molecule has 0 spiro atoms. The largest absolute Gasteiger partial charge is 0.369 e. The first-order valence-corrected chi connectivity index (χ1v) is 7.78. The summed E-state index contributed by atoms with van der Waals surface area (Å²) in [5, 5.41) is 3.29. The van der Waals surface area contributed by atoms with Crippen molar-refractivity contribution < 1.29 is 0 Å². The van der Waals surface area contributed by atoms with Gasteiger partial charge in [-0.3, -0.25) is 0 Å². The molecule has 0 saturated carbocycles. The molecular formula is C16H20BrN3. The second kappa shape index (κ2) is 6.84. The summed E-state index contributed by atoms with van der Waals surface area (Å²) < 4.78 is 0.981. The van der Waals surface area contributed by atoms with Gasteiger partial charge in [0, 0.05) is 13.0 Å². The molecule has 0 aliphatic rings. The van der Waals surface area contributed by atoms with Gasteiger partial charge in [-0.2, -0.15) is 0 Å². The van der Waals surface area contributed by atoms with Crippen molar-refractivity contribution in [1.29, 1.82) is 0 Å². The maximum atomic E-state index is 4.65. The monoisotopic (exact) mass is 333 g/mol. The Morgan fingerprint density at radius 2 is 1.80 bits per heavy atom. The van der Waals surface area contributed by atoms with Crippen LogP contribution in [-0.4, -0.2) is 16.5 Å². The lowest BCUT2D eigenvalue weighted by Gasteiger charge is -2.11. The van der Waals surface area contributed by atoms with Gasteiger partial charge in [-0.05, 0) is 41.8 Å². The number of benzene rings is 1. The van der Waals surface area contributed by atoms with Crippen LogP contribution in [0.3, 0.4) is 0 Å². The number of hydrogen-bond donors (Lipinski definition) is 1. The lowest BCUT2D eigenvalue weighted by atomic mass is 10.1. The number of aromatic nitrogens is 2. The van der Waals surface area contributed by atoms with Crippen molar-refractivity contribution in [3.8, 4) is 0 Å². The zero-order valence-electron chi connectivity index (χ0n) is 12.2. The Morgan fingerprint density at radius 3 is 2.40 bits per heavy atom. The zero-order chi connectivity index (χ0) is 14.5. The topological polar surface area (TPSA) is 37.8 Å². The maximum Gasteiger partial charge on any atom is 0.144 e. The minimum absolute atomic E-state index is 0.763. The van der Waals surface area contributed by atoms with Gasteiger partial charge in [0.25, 0.3) is 0 Å². The van der Waals surface area contributed by atoms with E-state index in [0.717, 1.165) is 41.2 Å². The van der Waals surface area contributed by atoms with E-state index in [1.807, 2.05) is 0 Å². The lowest BCUT2D eigenvalue weighted by molar-refractivity contribution is 0.894. The van der Waals surface area contributed by atoms with Crippen LogP contribution in [0, 0.1) is 6.92 Å². The van der Waals surface area contributed by atoms with Gasteiger partial charge in [0.15, 0.2) is 0 Å². The molecule has 0 saturated heterocycles. The van der Waals surface area contributed by atoms with Crippen LogP contribution in [0.4, 0.5) is 5.82 Å². The first-order chi connectivity index (χ1) is 9.63. The molecule has 0 aliphatic carbocycles. The molecule has 4 heteroatoms. The number of halogens is 1. The predicted octanol–water partition coefficient (Wildman–Crippen LogP) is 4.13. The van der Waals surface area contributed by atoms with Gasteiger partial charge in [-0.15, -0.1) is 0 Å². The molecule has 0 fully saturated rings. The zero-order valence-corrected chi connectivity index (χ0v) is 13.8. The Hall–Kier alpha value is -1.42. The summed E-state index contributed by atoms with van der Waals surface area (Å²) in [5.74, 6) is 1.76. The SMILES string of the molecule is CCNc1nc(Cc2ccc(C)cc2)nc(CC)c1Br. The van der Waals surface area contributed by atoms with Crippen LogP contribution in [0.15, 0.2) is 28.7 Å². The highest BCUT2D eigenvalue weighted by Crippen LogP contribution is 2.24. The molecule has 0 aliphatic heterocycles. The molecule has 2 aromatic rings. The van der Waals surface area contributed by atoms with Crippen molar-refractivity contribution in [1.82, 2.24) is 9.97 Å². The third kappa shape index (κ3) is 3.57. The Kier molecular flexibility index (Phi) is 5.12. The van der Waals surface area contributed by atoms with Crippen molar-refractivity contribution in [2.45, 2.75) is 33.6 Å². The van der Waals surface area contributed by atoms with E-state index in [-0.39, 0.29) is 0 Å². The molecule has 0 radical (unpaired) electrons. The van der Waals surface area contributed by atoms with E-state index in [2.05, 4.69) is 76.3 Å². The van der Waals surface area contributed by atoms with E-state index in [1.54, 1.807) is 0 Å². The van der Waals surface area contributed by atoms with E-state index < -0.39 is 0 Å². The highest BCUT2D eigenvalue weighted by molar-refractivity contribution is 9.10. The Morgan fingerprint density at radius 1 is 1.10 bits per heavy atom. The van der Waals surface area contributed by atoms with Crippen LogP contribution < -0.4 is 5.32 Å². The lowest BCUT2D eigenvalue weighted by Crippen LogP contribution is -2.08.